The molecule has 0 unspecified atom stereocenters. The molecule has 0 atom stereocenters. The summed E-state index contributed by atoms with van der Waals surface area (Å²) in [5, 5.41) is 0. The second kappa shape index (κ2) is 6.02. The van der Waals surface area contributed by atoms with Crippen molar-refractivity contribution in [1.29, 1.82) is 0 Å². The number of aryl methyl sites for hydroxylation is 1. The molecule has 20 heavy (non-hydrogen) atoms. The minimum absolute atomic E-state index is 0.198. The molecule has 2 aromatic rings. The summed E-state index contributed by atoms with van der Waals surface area (Å²) in [7, 11) is 0. The average molecular weight is 270 g/mol. The number of benzene rings is 2. The van der Waals surface area contributed by atoms with Gasteiger partial charge in [0.1, 0.15) is 17.1 Å². The van der Waals surface area contributed by atoms with Crippen LogP contribution in [0.2, 0.25) is 0 Å². The van der Waals surface area contributed by atoms with Crippen LogP contribution in [0.15, 0.2) is 48.5 Å². The second-order valence-electron chi connectivity index (χ2n) is 4.30. The first-order chi connectivity index (χ1) is 9.56. The zero-order chi connectivity index (χ0) is 14.5. The van der Waals surface area contributed by atoms with Crippen molar-refractivity contribution in [3.63, 3.8) is 0 Å². The maximum atomic E-state index is 12.2. The lowest BCUT2D eigenvalue weighted by atomic mass is 10.1. The number of hydrogen-bond acceptors (Lipinski definition) is 4. The van der Waals surface area contributed by atoms with Gasteiger partial charge in [-0.15, -0.1) is 0 Å². The van der Waals surface area contributed by atoms with E-state index in [0.717, 1.165) is 5.56 Å². The lowest BCUT2D eigenvalue weighted by Crippen LogP contribution is -2.12. The molecule has 0 aliphatic rings. The smallest absolute Gasteiger partial charge is 0.347 e. The summed E-state index contributed by atoms with van der Waals surface area (Å²) in [6.07, 6.45) is 0. The Morgan fingerprint density at radius 3 is 2.30 bits per heavy atom. The quantitative estimate of drug-likeness (QED) is 0.635. The van der Waals surface area contributed by atoms with Crippen molar-refractivity contribution in [2.45, 2.75) is 13.8 Å². The van der Waals surface area contributed by atoms with E-state index in [1.807, 2.05) is 13.0 Å². The third-order valence-corrected chi connectivity index (χ3v) is 2.56. The van der Waals surface area contributed by atoms with E-state index in [2.05, 4.69) is 0 Å². The zero-order valence-corrected chi connectivity index (χ0v) is 11.3. The van der Waals surface area contributed by atoms with Crippen LogP contribution >= 0.6 is 0 Å². The first kappa shape index (κ1) is 13.8. The molecule has 0 bridgehead atoms. The zero-order valence-electron chi connectivity index (χ0n) is 11.3. The van der Waals surface area contributed by atoms with Crippen molar-refractivity contribution in [1.82, 2.24) is 0 Å². The SMILES string of the molecule is CC(=O)Oc1ccc(C)cc1C(=O)Oc1ccccc1. The van der Waals surface area contributed by atoms with Crippen LogP contribution < -0.4 is 9.47 Å². The Kier molecular flexibility index (Phi) is 4.15. The molecule has 0 fully saturated rings. The van der Waals surface area contributed by atoms with E-state index in [1.54, 1.807) is 42.5 Å². The van der Waals surface area contributed by atoms with Gasteiger partial charge in [-0.3, -0.25) is 4.79 Å². The molecule has 0 saturated heterocycles. The third kappa shape index (κ3) is 3.45. The normalized spacial score (nSPS) is 9.90. The summed E-state index contributed by atoms with van der Waals surface area (Å²) in [6, 6.07) is 13.7. The van der Waals surface area contributed by atoms with Crippen molar-refractivity contribution in [2.24, 2.45) is 0 Å². The number of carbonyl (C=O) groups is 2. The van der Waals surface area contributed by atoms with E-state index in [0.29, 0.717) is 5.75 Å². The predicted octanol–water partition coefficient (Wildman–Crippen LogP) is 3.14. The Bertz CT molecular complexity index is 632. The summed E-state index contributed by atoms with van der Waals surface area (Å²) in [5.41, 5.74) is 1.10. The van der Waals surface area contributed by atoms with Crippen LogP contribution in [0.5, 0.6) is 11.5 Å². The molecule has 0 aliphatic carbocycles. The molecule has 2 aromatic carbocycles. The van der Waals surface area contributed by atoms with Crippen LogP contribution in [0.25, 0.3) is 0 Å². The molecule has 0 amide bonds. The second-order valence-corrected chi connectivity index (χ2v) is 4.30. The van der Waals surface area contributed by atoms with Crippen LogP contribution in [0.1, 0.15) is 22.8 Å². The van der Waals surface area contributed by atoms with Gasteiger partial charge >= 0.3 is 11.9 Å². The number of esters is 2. The Balaban J connectivity index is 2.28. The van der Waals surface area contributed by atoms with Gasteiger partial charge < -0.3 is 9.47 Å². The van der Waals surface area contributed by atoms with Crippen molar-refractivity contribution in [3.8, 4) is 11.5 Å². The highest BCUT2D eigenvalue weighted by Gasteiger charge is 2.16. The fourth-order valence-electron chi connectivity index (χ4n) is 1.70. The molecule has 4 heteroatoms. The van der Waals surface area contributed by atoms with Gasteiger partial charge in [0.2, 0.25) is 0 Å². The molecule has 0 aliphatic heterocycles. The van der Waals surface area contributed by atoms with Crippen LogP contribution in [0, 0.1) is 6.92 Å². The molecule has 0 heterocycles. The van der Waals surface area contributed by atoms with Gasteiger partial charge in [0.25, 0.3) is 0 Å². The van der Waals surface area contributed by atoms with Crippen molar-refractivity contribution < 1.29 is 19.1 Å². The molecule has 0 radical (unpaired) electrons. The van der Waals surface area contributed by atoms with Crippen LogP contribution in [0.4, 0.5) is 0 Å². The molecular formula is C16H14O4. The van der Waals surface area contributed by atoms with Crippen LogP contribution in [0.3, 0.4) is 0 Å². The summed E-state index contributed by atoms with van der Waals surface area (Å²) >= 11 is 0. The summed E-state index contributed by atoms with van der Waals surface area (Å²) in [6.45, 7) is 3.13. The fourth-order valence-corrected chi connectivity index (χ4v) is 1.70. The highest BCUT2D eigenvalue weighted by atomic mass is 16.5. The van der Waals surface area contributed by atoms with Crippen molar-refractivity contribution >= 4 is 11.9 Å². The van der Waals surface area contributed by atoms with Crippen LogP contribution in [-0.4, -0.2) is 11.9 Å². The first-order valence-electron chi connectivity index (χ1n) is 6.12. The van der Waals surface area contributed by atoms with E-state index < -0.39 is 11.9 Å². The Labute approximate surface area is 116 Å². The Hall–Kier alpha value is -2.62. The topological polar surface area (TPSA) is 52.6 Å². The van der Waals surface area contributed by atoms with Gasteiger partial charge in [-0.25, -0.2) is 4.79 Å². The number of hydrogen-bond donors (Lipinski definition) is 0. The minimum Gasteiger partial charge on any atom is -0.426 e. The molecule has 102 valence electrons. The van der Waals surface area contributed by atoms with E-state index in [-0.39, 0.29) is 11.3 Å². The Morgan fingerprint density at radius 2 is 1.65 bits per heavy atom. The summed E-state index contributed by atoms with van der Waals surface area (Å²) in [4.78, 5) is 23.2. The van der Waals surface area contributed by atoms with E-state index in [4.69, 9.17) is 9.47 Å². The average Bonchev–Trinajstić information content (AvgIpc) is 2.41. The van der Waals surface area contributed by atoms with E-state index in [1.165, 1.54) is 6.92 Å². The maximum Gasteiger partial charge on any atom is 0.347 e. The van der Waals surface area contributed by atoms with Gasteiger partial charge in [0, 0.05) is 6.92 Å². The predicted molar refractivity (Wildman–Crippen MR) is 73.9 cm³/mol. The largest absolute Gasteiger partial charge is 0.426 e. The molecule has 2 rings (SSSR count). The lowest BCUT2D eigenvalue weighted by Gasteiger charge is -2.09. The number of carbonyl (C=O) groups excluding carboxylic acids is 2. The van der Waals surface area contributed by atoms with Gasteiger partial charge in [-0.05, 0) is 36.8 Å². The highest BCUT2D eigenvalue weighted by molar-refractivity contribution is 5.95. The number of para-hydroxylation sites is 1. The number of ether oxygens (including phenoxy) is 2. The molecule has 0 aromatic heterocycles. The fraction of sp³-hybridized carbons (Fsp3) is 0.125. The third-order valence-electron chi connectivity index (χ3n) is 2.56. The highest BCUT2D eigenvalue weighted by Crippen LogP contribution is 2.22. The van der Waals surface area contributed by atoms with Crippen molar-refractivity contribution in [2.75, 3.05) is 0 Å². The summed E-state index contributed by atoms with van der Waals surface area (Å²) < 4.78 is 10.3. The van der Waals surface area contributed by atoms with E-state index >= 15 is 0 Å². The first-order valence-corrected chi connectivity index (χ1v) is 6.12. The molecule has 4 nitrogen and oxygen atoms in total. The maximum absolute atomic E-state index is 12.2. The van der Waals surface area contributed by atoms with E-state index in [9.17, 15) is 9.59 Å². The van der Waals surface area contributed by atoms with Gasteiger partial charge in [-0.1, -0.05) is 24.3 Å². The summed E-state index contributed by atoms with van der Waals surface area (Å²) in [5.74, 6) is -0.407. The minimum atomic E-state index is -0.559. The lowest BCUT2D eigenvalue weighted by molar-refractivity contribution is -0.131. The molecule has 0 spiro atoms. The molecule has 0 N–H and O–H groups in total. The molecular weight excluding hydrogens is 256 g/mol. The number of rotatable bonds is 3. The monoisotopic (exact) mass is 270 g/mol. The Morgan fingerprint density at radius 1 is 0.950 bits per heavy atom. The van der Waals surface area contributed by atoms with Gasteiger partial charge in [-0.2, -0.15) is 0 Å². The standard InChI is InChI=1S/C16H14O4/c1-11-8-9-15(19-12(2)17)14(10-11)16(18)20-13-6-4-3-5-7-13/h3-10H,1-2H3. The van der Waals surface area contributed by atoms with Crippen LogP contribution in [-0.2, 0) is 4.79 Å². The van der Waals surface area contributed by atoms with Gasteiger partial charge in [0.05, 0.1) is 0 Å². The molecule has 0 saturated carbocycles. The van der Waals surface area contributed by atoms with Gasteiger partial charge in [0.15, 0.2) is 0 Å². The van der Waals surface area contributed by atoms with Crippen molar-refractivity contribution in [3.05, 3.63) is 59.7 Å².